The molecule has 31 heavy (non-hydrogen) atoms. The number of hydrogen-bond acceptors (Lipinski definition) is 6. The predicted octanol–water partition coefficient (Wildman–Crippen LogP) is 2.31. The number of pyridine rings is 1. The van der Waals surface area contributed by atoms with Crippen LogP contribution in [0.15, 0.2) is 36.4 Å². The van der Waals surface area contributed by atoms with Crippen molar-refractivity contribution in [3.05, 3.63) is 42.1 Å². The molecular formula is C22H27N3O4S2. The SMILES string of the molecule is CS(=O)(=O)[C@]1(CS)NC(=O)[C@H](C2CCCCC2)N(Cc2ccc3ccccc3n2)C1=O. The van der Waals surface area contributed by atoms with Crippen LogP contribution in [0.2, 0.25) is 0 Å². The summed E-state index contributed by atoms with van der Waals surface area (Å²) in [6, 6.07) is 10.7. The summed E-state index contributed by atoms with van der Waals surface area (Å²) in [4.78, 5) is 30.9. The molecule has 0 unspecified atom stereocenters. The number of thiol groups is 1. The molecule has 2 aliphatic rings. The number of hydrogen-bond donors (Lipinski definition) is 2. The maximum absolute atomic E-state index is 13.6. The van der Waals surface area contributed by atoms with Gasteiger partial charge in [0.15, 0.2) is 9.84 Å². The minimum absolute atomic E-state index is 0.00404. The van der Waals surface area contributed by atoms with Crippen molar-refractivity contribution in [2.24, 2.45) is 5.92 Å². The van der Waals surface area contributed by atoms with Gasteiger partial charge in [0.1, 0.15) is 6.04 Å². The lowest BCUT2D eigenvalue weighted by Gasteiger charge is -2.47. The largest absolute Gasteiger partial charge is 0.327 e. The highest BCUT2D eigenvalue weighted by Gasteiger charge is 2.58. The Morgan fingerprint density at radius 2 is 1.84 bits per heavy atom. The number of rotatable bonds is 5. The van der Waals surface area contributed by atoms with E-state index in [1.54, 1.807) is 0 Å². The van der Waals surface area contributed by atoms with Crippen molar-refractivity contribution in [3.8, 4) is 0 Å². The molecule has 2 amide bonds. The van der Waals surface area contributed by atoms with Gasteiger partial charge >= 0.3 is 0 Å². The third-order valence-corrected chi connectivity index (χ3v) is 8.85. The Hall–Kier alpha value is -2.13. The average molecular weight is 462 g/mol. The Bertz CT molecular complexity index is 1110. The number of carbonyl (C=O) groups excluding carboxylic acids is 2. The number of para-hydroxylation sites is 1. The molecule has 1 aliphatic heterocycles. The molecule has 2 aromatic rings. The second kappa shape index (κ2) is 8.43. The Morgan fingerprint density at radius 3 is 2.52 bits per heavy atom. The molecule has 9 heteroatoms. The number of amides is 2. The third-order valence-electron chi connectivity index (χ3n) is 6.48. The number of sulfone groups is 1. The lowest BCUT2D eigenvalue weighted by Crippen LogP contribution is -2.74. The molecule has 1 saturated heterocycles. The van der Waals surface area contributed by atoms with E-state index in [0.717, 1.165) is 49.3 Å². The minimum Gasteiger partial charge on any atom is -0.327 e. The summed E-state index contributed by atoms with van der Waals surface area (Å²) in [6.07, 6.45) is 5.73. The zero-order valence-corrected chi connectivity index (χ0v) is 19.2. The van der Waals surface area contributed by atoms with Crippen LogP contribution in [0.25, 0.3) is 10.9 Å². The van der Waals surface area contributed by atoms with Crippen molar-refractivity contribution in [3.63, 3.8) is 0 Å². The predicted molar refractivity (Wildman–Crippen MR) is 122 cm³/mol. The van der Waals surface area contributed by atoms with Crippen molar-refractivity contribution in [2.75, 3.05) is 12.0 Å². The van der Waals surface area contributed by atoms with Gasteiger partial charge in [-0.2, -0.15) is 12.6 Å². The molecule has 0 radical (unpaired) electrons. The molecular weight excluding hydrogens is 434 g/mol. The lowest BCUT2D eigenvalue weighted by molar-refractivity contribution is -0.154. The van der Waals surface area contributed by atoms with Gasteiger partial charge in [0.05, 0.1) is 17.8 Å². The summed E-state index contributed by atoms with van der Waals surface area (Å²) in [5.41, 5.74) is 1.40. The van der Waals surface area contributed by atoms with E-state index >= 15 is 0 Å². The number of nitrogens with one attached hydrogen (secondary N) is 1. The molecule has 2 fully saturated rings. The second-order valence-electron chi connectivity index (χ2n) is 8.52. The lowest BCUT2D eigenvalue weighted by atomic mass is 9.81. The van der Waals surface area contributed by atoms with Gasteiger partial charge < -0.3 is 10.2 Å². The van der Waals surface area contributed by atoms with E-state index < -0.39 is 32.6 Å². The van der Waals surface area contributed by atoms with Crippen LogP contribution >= 0.6 is 12.6 Å². The summed E-state index contributed by atoms with van der Waals surface area (Å²) in [5.74, 6) is -1.38. The van der Waals surface area contributed by atoms with Crippen LogP contribution < -0.4 is 5.32 Å². The van der Waals surface area contributed by atoms with Crippen molar-refractivity contribution >= 4 is 45.2 Å². The van der Waals surface area contributed by atoms with Gasteiger partial charge in [-0.25, -0.2) is 8.42 Å². The van der Waals surface area contributed by atoms with Crippen LogP contribution in [-0.2, 0) is 26.0 Å². The monoisotopic (exact) mass is 461 g/mol. The minimum atomic E-state index is -3.95. The summed E-state index contributed by atoms with van der Waals surface area (Å²) in [6.45, 7) is 0.0727. The van der Waals surface area contributed by atoms with Crippen molar-refractivity contribution < 1.29 is 18.0 Å². The normalized spacial score (nSPS) is 25.6. The number of nitrogens with zero attached hydrogens (tertiary/aromatic N) is 2. The van der Waals surface area contributed by atoms with Gasteiger partial charge in [-0.1, -0.05) is 43.5 Å². The first-order valence-electron chi connectivity index (χ1n) is 10.5. The third kappa shape index (κ3) is 3.93. The van der Waals surface area contributed by atoms with E-state index in [9.17, 15) is 18.0 Å². The van der Waals surface area contributed by atoms with Crippen LogP contribution in [-0.4, -0.2) is 53.0 Å². The van der Waals surface area contributed by atoms with Crippen molar-refractivity contribution in [1.82, 2.24) is 15.2 Å². The maximum Gasteiger partial charge on any atom is 0.266 e. The van der Waals surface area contributed by atoms with E-state index in [4.69, 9.17) is 0 Å². The van der Waals surface area contributed by atoms with Crippen molar-refractivity contribution in [1.29, 1.82) is 0 Å². The molecule has 166 valence electrons. The molecule has 1 aromatic carbocycles. The fourth-order valence-corrected chi connectivity index (χ4v) is 6.63. The van der Waals surface area contributed by atoms with Gasteiger partial charge in [0.25, 0.3) is 5.91 Å². The molecule has 2 heterocycles. The highest BCUT2D eigenvalue weighted by atomic mass is 32.2. The van der Waals surface area contributed by atoms with Crippen molar-refractivity contribution in [2.45, 2.75) is 49.6 Å². The quantitative estimate of drug-likeness (QED) is 0.666. The fraction of sp³-hybridized carbons (Fsp3) is 0.500. The molecule has 7 nitrogen and oxygen atoms in total. The highest BCUT2D eigenvalue weighted by Crippen LogP contribution is 2.35. The summed E-state index contributed by atoms with van der Waals surface area (Å²) in [7, 11) is -3.95. The molecule has 1 N–H and O–H groups in total. The molecule has 4 rings (SSSR count). The van der Waals surface area contributed by atoms with E-state index in [0.29, 0.717) is 5.69 Å². The molecule has 1 aliphatic carbocycles. The molecule has 0 bridgehead atoms. The van der Waals surface area contributed by atoms with Crippen LogP contribution in [0.4, 0.5) is 0 Å². The van der Waals surface area contributed by atoms with Gasteiger partial charge in [-0.3, -0.25) is 14.6 Å². The number of benzene rings is 1. The Labute approximate surface area is 187 Å². The average Bonchev–Trinajstić information content (AvgIpc) is 2.76. The summed E-state index contributed by atoms with van der Waals surface area (Å²) < 4.78 is 25.2. The Kier molecular flexibility index (Phi) is 6.00. The fourth-order valence-electron chi connectivity index (χ4n) is 4.76. The van der Waals surface area contributed by atoms with E-state index in [2.05, 4.69) is 22.9 Å². The summed E-state index contributed by atoms with van der Waals surface area (Å²) >= 11 is 4.16. The Balaban J connectivity index is 1.76. The van der Waals surface area contributed by atoms with E-state index in [-0.39, 0.29) is 18.2 Å². The zero-order valence-electron chi connectivity index (χ0n) is 17.5. The second-order valence-corrected chi connectivity index (χ2v) is 11.1. The first kappa shape index (κ1) is 22.1. The number of piperazine rings is 1. The van der Waals surface area contributed by atoms with Gasteiger partial charge in [0, 0.05) is 17.4 Å². The Morgan fingerprint density at radius 1 is 1.13 bits per heavy atom. The topological polar surface area (TPSA) is 96.4 Å². The van der Waals surface area contributed by atoms with Crippen LogP contribution in [0.5, 0.6) is 0 Å². The van der Waals surface area contributed by atoms with E-state index in [1.807, 2.05) is 36.4 Å². The van der Waals surface area contributed by atoms with Crippen LogP contribution in [0, 0.1) is 5.92 Å². The molecule has 1 saturated carbocycles. The molecule has 2 atom stereocenters. The van der Waals surface area contributed by atoms with Crippen LogP contribution in [0.1, 0.15) is 37.8 Å². The number of carbonyl (C=O) groups is 2. The summed E-state index contributed by atoms with van der Waals surface area (Å²) in [5, 5.41) is 3.52. The number of fused-ring (bicyclic) bond motifs is 1. The zero-order chi connectivity index (χ0) is 22.2. The standard InChI is InChI=1S/C22H27N3O4S2/c1-31(28,29)22(14-30)21(27)25(19(20(26)24-22)16-8-3-2-4-9-16)13-17-12-11-15-7-5-6-10-18(15)23-17/h5-7,10-12,16,19,30H,2-4,8-9,13-14H2,1H3,(H,24,26)/t19-,22-/m0/s1. The molecule has 0 spiro atoms. The maximum atomic E-state index is 13.6. The first-order valence-corrected chi connectivity index (χ1v) is 13.1. The number of aromatic nitrogens is 1. The highest BCUT2D eigenvalue weighted by molar-refractivity contribution is 7.94. The van der Waals surface area contributed by atoms with Gasteiger partial charge in [-0.05, 0) is 30.9 Å². The van der Waals surface area contributed by atoms with Gasteiger partial charge in [-0.15, -0.1) is 0 Å². The van der Waals surface area contributed by atoms with Crippen LogP contribution in [0.3, 0.4) is 0 Å². The smallest absolute Gasteiger partial charge is 0.266 e. The molecule has 1 aromatic heterocycles. The van der Waals surface area contributed by atoms with E-state index in [1.165, 1.54) is 4.90 Å². The first-order chi connectivity index (χ1) is 14.8. The van der Waals surface area contributed by atoms with Gasteiger partial charge in [0.2, 0.25) is 10.8 Å².